The van der Waals surface area contributed by atoms with Crippen LogP contribution in [0.1, 0.15) is 31.3 Å². The zero-order valence-electron chi connectivity index (χ0n) is 11.6. The SMILES string of the molecule is CN1CCn2ncc(NC(=O)OC(C)(C)C)c2C1=O. The van der Waals surface area contributed by atoms with Crippen molar-refractivity contribution < 1.29 is 14.3 Å². The van der Waals surface area contributed by atoms with Gasteiger partial charge in [-0.1, -0.05) is 0 Å². The third-order valence-electron chi connectivity index (χ3n) is 2.67. The molecule has 0 unspecified atom stereocenters. The lowest BCUT2D eigenvalue weighted by atomic mass is 10.2. The monoisotopic (exact) mass is 266 g/mol. The number of ether oxygens (including phenoxy) is 1. The highest BCUT2D eigenvalue weighted by Gasteiger charge is 2.27. The second kappa shape index (κ2) is 4.56. The molecule has 1 aromatic heterocycles. The number of nitrogens with one attached hydrogen (secondary N) is 1. The third kappa shape index (κ3) is 2.86. The minimum absolute atomic E-state index is 0.158. The minimum Gasteiger partial charge on any atom is -0.444 e. The lowest BCUT2D eigenvalue weighted by Crippen LogP contribution is -2.38. The van der Waals surface area contributed by atoms with Crippen molar-refractivity contribution in [1.29, 1.82) is 0 Å². The third-order valence-corrected chi connectivity index (χ3v) is 2.67. The number of carbonyl (C=O) groups is 2. The lowest BCUT2D eigenvalue weighted by Gasteiger charge is -2.24. The second-order valence-electron chi connectivity index (χ2n) is 5.48. The fraction of sp³-hybridized carbons (Fsp3) is 0.583. The standard InChI is InChI=1S/C12H18N4O3/c1-12(2,3)19-11(18)14-8-7-13-16-6-5-15(4)10(17)9(8)16/h7H,5-6H2,1-4H3,(H,14,18). The molecule has 0 atom stereocenters. The Morgan fingerprint density at radius 3 is 2.74 bits per heavy atom. The normalized spacial score (nSPS) is 15.2. The van der Waals surface area contributed by atoms with Crippen LogP contribution in [0.15, 0.2) is 6.20 Å². The Bertz CT molecular complexity index is 516. The molecule has 1 aliphatic heterocycles. The van der Waals surface area contributed by atoms with E-state index in [4.69, 9.17) is 4.74 Å². The fourth-order valence-electron chi connectivity index (χ4n) is 1.81. The molecule has 1 aromatic rings. The van der Waals surface area contributed by atoms with Crippen molar-refractivity contribution in [2.75, 3.05) is 18.9 Å². The van der Waals surface area contributed by atoms with Crippen molar-refractivity contribution >= 4 is 17.7 Å². The summed E-state index contributed by atoms with van der Waals surface area (Å²) >= 11 is 0. The summed E-state index contributed by atoms with van der Waals surface area (Å²) in [7, 11) is 1.72. The van der Waals surface area contributed by atoms with Crippen LogP contribution >= 0.6 is 0 Å². The van der Waals surface area contributed by atoms with Crippen LogP contribution in [0.3, 0.4) is 0 Å². The fourth-order valence-corrected chi connectivity index (χ4v) is 1.81. The number of hydrogen-bond donors (Lipinski definition) is 1. The summed E-state index contributed by atoms with van der Waals surface area (Å²) in [6.45, 7) is 6.56. The van der Waals surface area contributed by atoms with E-state index in [2.05, 4.69) is 10.4 Å². The number of likely N-dealkylation sites (N-methyl/N-ethyl adjacent to an activating group) is 1. The van der Waals surface area contributed by atoms with E-state index in [1.165, 1.54) is 6.20 Å². The Kier molecular flexibility index (Phi) is 3.21. The topological polar surface area (TPSA) is 76.5 Å². The van der Waals surface area contributed by atoms with Gasteiger partial charge in [-0.15, -0.1) is 0 Å². The molecule has 7 nitrogen and oxygen atoms in total. The van der Waals surface area contributed by atoms with Crippen molar-refractivity contribution in [1.82, 2.24) is 14.7 Å². The van der Waals surface area contributed by atoms with E-state index < -0.39 is 11.7 Å². The molecule has 2 heterocycles. The van der Waals surface area contributed by atoms with E-state index in [-0.39, 0.29) is 5.91 Å². The van der Waals surface area contributed by atoms with E-state index in [0.29, 0.717) is 24.5 Å². The summed E-state index contributed by atoms with van der Waals surface area (Å²) in [5, 5.41) is 6.66. The van der Waals surface area contributed by atoms with Crippen LogP contribution in [0.5, 0.6) is 0 Å². The molecule has 7 heteroatoms. The first-order valence-electron chi connectivity index (χ1n) is 6.09. The van der Waals surface area contributed by atoms with E-state index in [0.717, 1.165) is 0 Å². The predicted octanol–water partition coefficient (Wildman–Crippen LogP) is 1.32. The molecule has 1 aliphatic rings. The Balaban J connectivity index is 2.17. The van der Waals surface area contributed by atoms with Gasteiger partial charge in [0.2, 0.25) is 0 Å². The van der Waals surface area contributed by atoms with Gasteiger partial charge < -0.3 is 9.64 Å². The van der Waals surface area contributed by atoms with Gasteiger partial charge in [0.15, 0.2) is 0 Å². The van der Waals surface area contributed by atoms with Gasteiger partial charge in [-0.2, -0.15) is 5.10 Å². The summed E-state index contributed by atoms with van der Waals surface area (Å²) in [4.78, 5) is 25.3. The van der Waals surface area contributed by atoms with Crippen LogP contribution in [-0.2, 0) is 11.3 Å². The maximum Gasteiger partial charge on any atom is 0.412 e. The van der Waals surface area contributed by atoms with E-state index >= 15 is 0 Å². The quantitative estimate of drug-likeness (QED) is 0.831. The van der Waals surface area contributed by atoms with Crippen LogP contribution in [0.2, 0.25) is 0 Å². The van der Waals surface area contributed by atoms with Gasteiger partial charge in [-0.05, 0) is 20.8 Å². The van der Waals surface area contributed by atoms with E-state index in [1.54, 1.807) is 37.4 Å². The highest BCUT2D eigenvalue weighted by molar-refractivity contribution is 6.01. The number of carbonyl (C=O) groups excluding carboxylic acids is 2. The van der Waals surface area contributed by atoms with Gasteiger partial charge in [0.25, 0.3) is 5.91 Å². The van der Waals surface area contributed by atoms with Crippen LogP contribution in [0.25, 0.3) is 0 Å². The number of aromatic nitrogens is 2. The number of nitrogens with zero attached hydrogens (tertiary/aromatic N) is 3. The second-order valence-corrected chi connectivity index (χ2v) is 5.48. The average molecular weight is 266 g/mol. The molecular formula is C12H18N4O3. The predicted molar refractivity (Wildman–Crippen MR) is 69.0 cm³/mol. The van der Waals surface area contributed by atoms with Crippen LogP contribution < -0.4 is 5.32 Å². The summed E-state index contributed by atoms with van der Waals surface area (Å²) in [5.41, 5.74) is 0.184. The molecule has 0 aromatic carbocycles. The van der Waals surface area contributed by atoms with Gasteiger partial charge in [0, 0.05) is 13.6 Å². The molecule has 19 heavy (non-hydrogen) atoms. The molecule has 0 aliphatic carbocycles. The van der Waals surface area contributed by atoms with Crippen LogP contribution in [-0.4, -0.2) is 45.9 Å². The molecule has 2 amide bonds. The van der Waals surface area contributed by atoms with Gasteiger partial charge in [-0.3, -0.25) is 14.8 Å². The number of rotatable bonds is 1. The first-order valence-corrected chi connectivity index (χ1v) is 6.09. The largest absolute Gasteiger partial charge is 0.444 e. The highest BCUT2D eigenvalue weighted by Crippen LogP contribution is 2.21. The Morgan fingerprint density at radius 1 is 1.42 bits per heavy atom. The van der Waals surface area contributed by atoms with Gasteiger partial charge in [0.1, 0.15) is 11.3 Å². The smallest absolute Gasteiger partial charge is 0.412 e. The van der Waals surface area contributed by atoms with Crippen molar-refractivity contribution in [3.05, 3.63) is 11.9 Å². The first kappa shape index (κ1) is 13.4. The van der Waals surface area contributed by atoms with Gasteiger partial charge in [0.05, 0.1) is 18.4 Å². The van der Waals surface area contributed by atoms with Crippen molar-refractivity contribution in [2.45, 2.75) is 32.9 Å². The Hall–Kier alpha value is -2.05. The van der Waals surface area contributed by atoms with Gasteiger partial charge >= 0.3 is 6.09 Å². The average Bonchev–Trinajstić information content (AvgIpc) is 2.65. The Labute approximate surface area is 111 Å². The molecule has 0 spiro atoms. The zero-order chi connectivity index (χ0) is 14.2. The number of fused-ring (bicyclic) bond motifs is 1. The molecule has 0 bridgehead atoms. The summed E-state index contributed by atoms with van der Waals surface area (Å²) in [5.74, 6) is -0.158. The summed E-state index contributed by atoms with van der Waals surface area (Å²) < 4.78 is 6.74. The number of anilines is 1. The number of hydrogen-bond acceptors (Lipinski definition) is 4. The molecule has 104 valence electrons. The molecular weight excluding hydrogens is 248 g/mol. The maximum absolute atomic E-state index is 12.0. The molecule has 0 saturated heterocycles. The number of amides is 2. The zero-order valence-corrected chi connectivity index (χ0v) is 11.6. The van der Waals surface area contributed by atoms with Crippen molar-refractivity contribution in [2.24, 2.45) is 0 Å². The molecule has 0 fully saturated rings. The Morgan fingerprint density at radius 2 is 2.11 bits per heavy atom. The summed E-state index contributed by atoms with van der Waals surface area (Å²) in [6.07, 6.45) is 0.875. The molecule has 1 N–H and O–H groups in total. The highest BCUT2D eigenvalue weighted by atomic mass is 16.6. The maximum atomic E-state index is 12.0. The van der Waals surface area contributed by atoms with Gasteiger partial charge in [-0.25, -0.2) is 4.79 Å². The first-order chi connectivity index (χ1) is 8.78. The van der Waals surface area contributed by atoms with Crippen LogP contribution in [0.4, 0.5) is 10.5 Å². The van der Waals surface area contributed by atoms with E-state index in [9.17, 15) is 9.59 Å². The lowest BCUT2D eigenvalue weighted by molar-refractivity contribution is 0.0636. The van der Waals surface area contributed by atoms with Crippen LogP contribution in [0, 0.1) is 0 Å². The molecule has 0 saturated carbocycles. The van der Waals surface area contributed by atoms with Crippen molar-refractivity contribution in [3.63, 3.8) is 0 Å². The molecule has 2 rings (SSSR count). The molecule has 0 radical (unpaired) electrons. The minimum atomic E-state index is -0.593. The van der Waals surface area contributed by atoms with E-state index in [1.807, 2.05) is 0 Å². The van der Waals surface area contributed by atoms with Crippen molar-refractivity contribution in [3.8, 4) is 0 Å². The summed E-state index contributed by atoms with van der Waals surface area (Å²) in [6, 6.07) is 0.